The molecule has 2 heterocycles. The van der Waals surface area contributed by atoms with Gasteiger partial charge in [-0.3, -0.25) is 0 Å². The molecule has 0 bridgehead atoms. The van der Waals surface area contributed by atoms with Gasteiger partial charge in [0.15, 0.2) is 5.13 Å². The molecule has 0 aromatic carbocycles. The third-order valence-corrected chi connectivity index (χ3v) is 3.40. The molecule has 78 valence electrons. The second-order valence-electron chi connectivity index (χ2n) is 3.50. The van der Waals surface area contributed by atoms with Crippen LogP contribution in [0.1, 0.15) is 11.0 Å². The Morgan fingerprint density at radius 1 is 1.64 bits per heavy atom. The molecule has 1 aliphatic rings. The van der Waals surface area contributed by atoms with E-state index in [2.05, 4.69) is 10.3 Å². The smallest absolute Gasteiger partial charge is 0.185 e. The van der Waals surface area contributed by atoms with Crippen molar-refractivity contribution in [3.8, 4) is 0 Å². The van der Waals surface area contributed by atoms with Crippen molar-refractivity contribution in [1.29, 1.82) is 0 Å². The molecule has 0 amide bonds. The number of rotatable bonds is 2. The van der Waals surface area contributed by atoms with E-state index in [1.165, 1.54) is 4.88 Å². The maximum Gasteiger partial charge on any atom is 0.185 e. The molecule has 14 heavy (non-hydrogen) atoms. The summed E-state index contributed by atoms with van der Waals surface area (Å²) in [4.78, 5) is 7.55. The van der Waals surface area contributed by atoms with E-state index >= 15 is 0 Å². The van der Waals surface area contributed by atoms with Gasteiger partial charge in [-0.1, -0.05) is 11.3 Å². The lowest BCUT2D eigenvalue weighted by Crippen LogP contribution is -2.32. The molecule has 2 rings (SSSR count). The van der Waals surface area contributed by atoms with E-state index in [1.54, 1.807) is 11.3 Å². The fraction of sp³-hybridized carbons (Fsp3) is 0.667. The predicted molar refractivity (Wildman–Crippen MR) is 58.0 cm³/mol. The number of anilines is 1. The van der Waals surface area contributed by atoms with Crippen LogP contribution in [-0.2, 0) is 4.74 Å². The van der Waals surface area contributed by atoms with Crippen molar-refractivity contribution in [3.63, 3.8) is 0 Å². The minimum absolute atomic E-state index is 0.190. The lowest BCUT2D eigenvalue weighted by molar-refractivity contribution is 0.0298. The van der Waals surface area contributed by atoms with Gasteiger partial charge in [0.1, 0.15) is 6.10 Å². The summed E-state index contributed by atoms with van der Waals surface area (Å²) in [6.45, 7) is 2.64. The number of nitrogens with zero attached hydrogens (tertiary/aromatic N) is 2. The van der Waals surface area contributed by atoms with E-state index in [1.807, 2.05) is 25.2 Å². The summed E-state index contributed by atoms with van der Waals surface area (Å²) in [6, 6.07) is 0. The van der Waals surface area contributed by atoms with Crippen LogP contribution in [0.4, 0.5) is 5.13 Å². The van der Waals surface area contributed by atoms with Crippen LogP contribution in [0.25, 0.3) is 0 Å². The van der Waals surface area contributed by atoms with Crippen LogP contribution in [0.2, 0.25) is 0 Å². The van der Waals surface area contributed by atoms with Gasteiger partial charge in [0.05, 0.1) is 11.5 Å². The molecule has 0 saturated carbocycles. The molecular weight excluding hydrogens is 198 g/mol. The average Bonchev–Trinajstić information content (AvgIpc) is 2.68. The predicted octanol–water partition coefficient (Wildman–Crippen LogP) is 0.870. The first-order valence-electron chi connectivity index (χ1n) is 4.73. The quantitative estimate of drug-likeness (QED) is 0.791. The van der Waals surface area contributed by atoms with Crippen LogP contribution in [0, 0.1) is 0 Å². The second kappa shape index (κ2) is 4.25. The zero-order chi connectivity index (χ0) is 9.97. The van der Waals surface area contributed by atoms with E-state index in [-0.39, 0.29) is 6.10 Å². The van der Waals surface area contributed by atoms with E-state index in [9.17, 15) is 0 Å². The fourth-order valence-electron chi connectivity index (χ4n) is 1.38. The molecule has 1 aromatic heterocycles. The van der Waals surface area contributed by atoms with Crippen molar-refractivity contribution in [1.82, 2.24) is 10.3 Å². The highest BCUT2D eigenvalue weighted by Crippen LogP contribution is 2.28. The number of hydrogen-bond acceptors (Lipinski definition) is 5. The van der Waals surface area contributed by atoms with Gasteiger partial charge in [-0.2, -0.15) is 0 Å². The van der Waals surface area contributed by atoms with Crippen LogP contribution in [0.5, 0.6) is 0 Å². The Morgan fingerprint density at radius 2 is 2.50 bits per heavy atom. The number of thiazole rings is 1. The highest BCUT2D eigenvalue weighted by atomic mass is 32.1. The van der Waals surface area contributed by atoms with Crippen molar-refractivity contribution in [2.24, 2.45) is 0 Å². The largest absolute Gasteiger partial charge is 0.370 e. The van der Waals surface area contributed by atoms with Gasteiger partial charge in [-0.25, -0.2) is 4.98 Å². The van der Waals surface area contributed by atoms with Crippen molar-refractivity contribution in [3.05, 3.63) is 11.1 Å². The Morgan fingerprint density at radius 3 is 3.07 bits per heavy atom. The molecular formula is C9H15N3OS. The van der Waals surface area contributed by atoms with Gasteiger partial charge in [0.2, 0.25) is 0 Å². The Bertz CT molecular complexity index is 294. The molecule has 1 N–H and O–H groups in total. The molecule has 1 aromatic rings. The van der Waals surface area contributed by atoms with Crippen molar-refractivity contribution >= 4 is 16.5 Å². The van der Waals surface area contributed by atoms with Crippen LogP contribution >= 0.6 is 11.3 Å². The zero-order valence-electron chi connectivity index (χ0n) is 8.49. The van der Waals surface area contributed by atoms with Crippen molar-refractivity contribution < 1.29 is 4.74 Å². The van der Waals surface area contributed by atoms with Gasteiger partial charge in [0.25, 0.3) is 0 Å². The second-order valence-corrected chi connectivity index (χ2v) is 4.54. The Hall–Kier alpha value is -0.650. The third kappa shape index (κ3) is 2.05. The van der Waals surface area contributed by atoms with Crippen molar-refractivity contribution in [2.45, 2.75) is 6.10 Å². The summed E-state index contributed by atoms with van der Waals surface area (Å²) in [7, 11) is 4.01. The van der Waals surface area contributed by atoms with Crippen LogP contribution in [-0.4, -0.2) is 38.8 Å². The van der Waals surface area contributed by atoms with Gasteiger partial charge in [0, 0.05) is 33.4 Å². The van der Waals surface area contributed by atoms with Crippen molar-refractivity contribution in [2.75, 3.05) is 38.7 Å². The maximum absolute atomic E-state index is 5.65. The lowest BCUT2D eigenvalue weighted by atomic mass is 10.3. The first-order chi connectivity index (χ1) is 6.77. The molecule has 1 unspecified atom stereocenters. The zero-order valence-corrected chi connectivity index (χ0v) is 9.30. The molecule has 1 fully saturated rings. The minimum Gasteiger partial charge on any atom is -0.370 e. The monoisotopic (exact) mass is 213 g/mol. The number of ether oxygens (including phenoxy) is 1. The molecule has 0 radical (unpaired) electrons. The average molecular weight is 213 g/mol. The molecule has 1 saturated heterocycles. The highest BCUT2D eigenvalue weighted by molar-refractivity contribution is 7.15. The summed E-state index contributed by atoms with van der Waals surface area (Å²) in [6.07, 6.45) is 2.10. The van der Waals surface area contributed by atoms with E-state index in [0.29, 0.717) is 0 Å². The van der Waals surface area contributed by atoms with E-state index in [0.717, 1.165) is 24.8 Å². The summed E-state index contributed by atoms with van der Waals surface area (Å²) in [5.41, 5.74) is 0. The molecule has 4 nitrogen and oxygen atoms in total. The summed E-state index contributed by atoms with van der Waals surface area (Å²) < 4.78 is 5.65. The molecule has 1 atom stereocenters. The van der Waals surface area contributed by atoms with Gasteiger partial charge in [-0.15, -0.1) is 0 Å². The SMILES string of the molecule is CN(C)c1ncc(C2CNCCO2)s1. The van der Waals surface area contributed by atoms with E-state index < -0.39 is 0 Å². The number of hydrogen-bond donors (Lipinski definition) is 1. The number of nitrogens with one attached hydrogen (secondary N) is 1. The normalized spacial score (nSPS) is 22.3. The Balaban J connectivity index is 2.07. The number of aromatic nitrogens is 1. The summed E-state index contributed by atoms with van der Waals surface area (Å²) >= 11 is 1.70. The van der Waals surface area contributed by atoms with Crippen LogP contribution in [0.3, 0.4) is 0 Å². The molecule has 0 spiro atoms. The molecule has 1 aliphatic heterocycles. The Kier molecular flexibility index (Phi) is 3.00. The first kappa shape index (κ1) is 9.89. The minimum atomic E-state index is 0.190. The first-order valence-corrected chi connectivity index (χ1v) is 5.54. The van der Waals surface area contributed by atoms with Gasteiger partial charge < -0.3 is 15.0 Å². The number of morpholine rings is 1. The van der Waals surface area contributed by atoms with Crippen LogP contribution in [0.15, 0.2) is 6.20 Å². The Labute approximate surface area is 87.9 Å². The summed E-state index contributed by atoms with van der Waals surface area (Å²) in [5, 5.41) is 4.35. The van der Waals surface area contributed by atoms with Gasteiger partial charge in [-0.05, 0) is 0 Å². The highest BCUT2D eigenvalue weighted by Gasteiger charge is 2.18. The van der Waals surface area contributed by atoms with E-state index in [4.69, 9.17) is 4.74 Å². The fourth-order valence-corrected chi connectivity index (χ4v) is 2.27. The topological polar surface area (TPSA) is 37.4 Å². The maximum atomic E-state index is 5.65. The summed E-state index contributed by atoms with van der Waals surface area (Å²) in [5.74, 6) is 0. The molecule has 5 heteroatoms. The standard InChI is InChI=1S/C9H15N3OS/c1-12(2)9-11-6-8(14-9)7-5-10-3-4-13-7/h6-7,10H,3-5H2,1-2H3. The lowest BCUT2D eigenvalue weighted by Gasteiger charge is -2.22. The van der Waals surface area contributed by atoms with Crippen LogP contribution < -0.4 is 10.2 Å². The molecule has 0 aliphatic carbocycles. The van der Waals surface area contributed by atoms with Gasteiger partial charge >= 0.3 is 0 Å². The third-order valence-electron chi connectivity index (χ3n) is 2.14.